The third-order valence-electron chi connectivity index (χ3n) is 2.91. The molecule has 1 amide bonds. The van der Waals surface area contributed by atoms with Crippen molar-refractivity contribution in [1.82, 2.24) is 0 Å². The summed E-state index contributed by atoms with van der Waals surface area (Å²) < 4.78 is 13.7. The fraction of sp³-hybridized carbons (Fsp3) is 0.133. The molecule has 0 aliphatic heterocycles. The largest absolute Gasteiger partial charge is 0.370 e. The molecule has 1 atom stereocenters. The summed E-state index contributed by atoms with van der Waals surface area (Å²) in [5.41, 5.74) is 7.90. The molecule has 2 rings (SSSR count). The van der Waals surface area contributed by atoms with Gasteiger partial charge in [0, 0.05) is 10.2 Å². The molecule has 2 aromatic rings. The molecule has 0 aliphatic carbocycles. The third-order valence-corrected chi connectivity index (χ3v) is 3.59. The molecule has 0 saturated carbocycles. The summed E-state index contributed by atoms with van der Waals surface area (Å²) in [4.78, 5) is 11.7. The maximum absolute atomic E-state index is 12.9. The first-order valence-corrected chi connectivity index (χ1v) is 6.84. The van der Waals surface area contributed by atoms with Crippen molar-refractivity contribution >= 4 is 27.5 Å². The van der Waals surface area contributed by atoms with Crippen LogP contribution in [0.2, 0.25) is 0 Å². The normalized spacial score (nSPS) is 11.9. The molecule has 20 heavy (non-hydrogen) atoms. The number of primary amides is 1. The third kappa shape index (κ3) is 3.36. The number of anilines is 1. The predicted octanol–water partition coefficient (Wildman–Crippen LogP) is 3.54. The summed E-state index contributed by atoms with van der Waals surface area (Å²) in [6.45, 7) is 1.96. The van der Waals surface area contributed by atoms with Crippen LogP contribution in [0.5, 0.6) is 0 Å². The molecule has 0 bridgehead atoms. The van der Waals surface area contributed by atoms with E-state index in [0.29, 0.717) is 5.69 Å². The fourth-order valence-electron chi connectivity index (χ4n) is 1.88. The Morgan fingerprint density at radius 3 is 2.45 bits per heavy atom. The summed E-state index contributed by atoms with van der Waals surface area (Å²) in [7, 11) is 0. The lowest BCUT2D eigenvalue weighted by molar-refractivity contribution is -0.118. The van der Waals surface area contributed by atoms with Crippen LogP contribution in [0.25, 0.3) is 0 Å². The number of nitrogens with one attached hydrogen (secondary N) is 1. The summed E-state index contributed by atoms with van der Waals surface area (Å²) in [5, 5.41) is 3.01. The Balaban J connectivity index is 2.31. The van der Waals surface area contributed by atoms with Gasteiger partial charge in [-0.05, 0) is 48.4 Å². The Morgan fingerprint density at radius 2 is 1.90 bits per heavy atom. The van der Waals surface area contributed by atoms with Crippen LogP contribution < -0.4 is 11.1 Å². The average Bonchev–Trinajstić information content (AvgIpc) is 2.39. The van der Waals surface area contributed by atoms with Crippen molar-refractivity contribution in [3.63, 3.8) is 0 Å². The minimum atomic E-state index is -0.685. The Bertz CT molecular complexity index is 628. The van der Waals surface area contributed by atoms with Gasteiger partial charge < -0.3 is 11.1 Å². The van der Waals surface area contributed by atoms with Crippen LogP contribution in [-0.2, 0) is 4.79 Å². The molecule has 0 spiro atoms. The van der Waals surface area contributed by atoms with Crippen LogP contribution in [0.3, 0.4) is 0 Å². The predicted molar refractivity (Wildman–Crippen MR) is 80.8 cm³/mol. The molecule has 104 valence electrons. The van der Waals surface area contributed by atoms with E-state index in [1.54, 1.807) is 12.1 Å². The molecule has 3 N–H and O–H groups in total. The van der Waals surface area contributed by atoms with Gasteiger partial charge in [0.05, 0.1) is 0 Å². The van der Waals surface area contributed by atoms with Crippen LogP contribution in [0.4, 0.5) is 10.1 Å². The van der Waals surface area contributed by atoms with Crippen molar-refractivity contribution in [2.24, 2.45) is 5.73 Å². The van der Waals surface area contributed by atoms with Gasteiger partial charge >= 0.3 is 0 Å². The molecular formula is C15H14BrFN2O. The van der Waals surface area contributed by atoms with E-state index in [-0.39, 0.29) is 5.82 Å². The first-order valence-electron chi connectivity index (χ1n) is 6.05. The lowest BCUT2D eigenvalue weighted by Gasteiger charge is -2.19. The highest BCUT2D eigenvalue weighted by Crippen LogP contribution is 2.27. The smallest absolute Gasteiger partial charge is 0.244 e. The summed E-state index contributed by atoms with van der Waals surface area (Å²) in [6, 6.07) is 10.7. The highest BCUT2D eigenvalue weighted by molar-refractivity contribution is 9.10. The summed E-state index contributed by atoms with van der Waals surface area (Å²) >= 11 is 3.43. The number of benzene rings is 2. The van der Waals surface area contributed by atoms with Crippen molar-refractivity contribution in [3.05, 3.63) is 63.9 Å². The summed E-state index contributed by atoms with van der Waals surface area (Å²) in [5.74, 6) is -0.832. The maximum Gasteiger partial charge on any atom is 0.244 e. The van der Waals surface area contributed by atoms with Crippen LogP contribution >= 0.6 is 15.9 Å². The molecular weight excluding hydrogens is 323 g/mol. The lowest BCUT2D eigenvalue weighted by atomic mass is 10.0. The quantitative estimate of drug-likeness (QED) is 0.897. The molecule has 0 saturated heterocycles. The standard InChI is InChI=1S/C15H14BrFN2O/c1-9-2-7-12(13(16)8-9)14(15(18)20)19-11-5-3-10(17)4-6-11/h2-8,14,19H,1H3,(H2,18,20). The highest BCUT2D eigenvalue weighted by Gasteiger charge is 2.20. The molecule has 0 aliphatic rings. The molecule has 0 radical (unpaired) electrons. The van der Waals surface area contributed by atoms with Crippen molar-refractivity contribution < 1.29 is 9.18 Å². The molecule has 0 fully saturated rings. The van der Waals surface area contributed by atoms with Gasteiger partial charge in [-0.1, -0.05) is 28.1 Å². The van der Waals surface area contributed by atoms with E-state index in [1.165, 1.54) is 12.1 Å². The van der Waals surface area contributed by atoms with E-state index in [9.17, 15) is 9.18 Å². The second-order valence-corrected chi connectivity index (χ2v) is 5.37. The van der Waals surface area contributed by atoms with E-state index in [2.05, 4.69) is 21.2 Å². The summed E-state index contributed by atoms with van der Waals surface area (Å²) in [6.07, 6.45) is 0. The number of hydrogen-bond donors (Lipinski definition) is 2. The molecule has 1 unspecified atom stereocenters. The SMILES string of the molecule is Cc1ccc(C(Nc2ccc(F)cc2)C(N)=O)c(Br)c1. The monoisotopic (exact) mass is 336 g/mol. The van der Waals surface area contributed by atoms with Crippen LogP contribution in [0.1, 0.15) is 17.2 Å². The highest BCUT2D eigenvalue weighted by atomic mass is 79.9. The van der Waals surface area contributed by atoms with Gasteiger partial charge in [0.25, 0.3) is 0 Å². The van der Waals surface area contributed by atoms with Crippen LogP contribution in [0.15, 0.2) is 46.9 Å². The van der Waals surface area contributed by atoms with Crippen molar-refractivity contribution in [1.29, 1.82) is 0 Å². The molecule has 0 heterocycles. The van der Waals surface area contributed by atoms with Gasteiger partial charge in [-0.2, -0.15) is 0 Å². The molecule has 3 nitrogen and oxygen atoms in total. The number of carbonyl (C=O) groups excluding carboxylic acids is 1. The van der Waals surface area contributed by atoms with E-state index in [4.69, 9.17) is 5.73 Å². The number of rotatable bonds is 4. The topological polar surface area (TPSA) is 55.1 Å². The van der Waals surface area contributed by atoms with Crippen molar-refractivity contribution in [2.45, 2.75) is 13.0 Å². The number of hydrogen-bond acceptors (Lipinski definition) is 2. The Kier molecular flexibility index (Phi) is 4.39. The average molecular weight is 337 g/mol. The Labute approximate surface area is 125 Å². The maximum atomic E-state index is 12.9. The minimum absolute atomic E-state index is 0.331. The minimum Gasteiger partial charge on any atom is -0.370 e. The van der Waals surface area contributed by atoms with E-state index in [1.807, 2.05) is 25.1 Å². The van der Waals surface area contributed by atoms with Crippen LogP contribution in [0, 0.1) is 12.7 Å². The van der Waals surface area contributed by atoms with Crippen LogP contribution in [-0.4, -0.2) is 5.91 Å². The van der Waals surface area contributed by atoms with Gasteiger partial charge in [-0.15, -0.1) is 0 Å². The zero-order valence-electron chi connectivity index (χ0n) is 10.9. The number of halogens is 2. The van der Waals surface area contributed by atoms with Gasteiger partial charge in [0.15, 0.2) is 0 Å². The molecule has 0 aromatic heterocycles. The van der Waals surface area contributed by atoms with E-state index < -0.39 is 11.9 Å². The zero-order chi connectivity index (χ0) is 14.7. The zero-order valence-corrected chi connectivity index (χ0v) is 12.4. The van der Waals surface area contributed by atoms with Crippen molar-refractivity contribution in [3.8, 4) is 0 Å². The first-order chi connectivity index (χ1) is 9.47. The Morgan fingerprint density at radius 1 is 1.25 bits per heavy atom. The molecule has 2 aromatic carbocycles. The number of nitrogens with two attached hydrogens (primary N) is 1. The Hall–Kier alpha value is -1.88. The van der Waals surface area contributed by atoms with Gasteiger partial charge in [-0.3, -0.25) is 4.79 Å². The van der Waals surface area contributed by atoms with Gasteiger partial charge in [-0.25, -0.2) is 4.39 Å². The second kappa shape index (κ2) is 6.05. The molecule has 5 heteroatoms. The number of amides is 1. The van der Waals surface area contributed by atoms with E-state index >= 15 is 0 Å². The van der Waals surface area contributed by atoms with E-state index in [0.717, 1.165) is 15.6 Å². The van der Waals surface area contributed by atoms with Gasteiger partial charge in [0.1, 0.15) is 11.9 Å². The first kappa shape index (κ1) is 14.5. The fourth-order valence-corrected chi connectivity index (χ4v) is 2.60. The van der Waals surface area contributed by atoms with Crippen molar-refractivity contribution in [2.75, 3.05) is 5.32 Å². The lowest BCUT2D eigenvalue weighted by Crippen LogP contribution is -2.28. The number of carbonyl (C=O) groups is 1. The number of aryl methyl sites for hydroxylation is 1. The van der Waals surface area contributed by atoms with Gasteiger partial charge in [0.2, 0.25) is 5.91 Å². The second-order valence-electron chi connectivity index (χ2n) is 4.51.